The van der Waals surface area contributed by atoms with Gasteiger partial charge in [-0.1, -0.05) is 10.8 Å². The largest absolute Gasteiger partial charge is 0.748 e. The van der Waals surface area contributed by atoms with Gasteiger partial charge in [0.25, 0.3) is 0 Å². The second-order valence-electron chi connectivity index (χ2n) is 5.21. The number of hydrogen-bond acceptors (Lipinski definition) is 4. The van der Waals surface area contributed by atoms with Crippen molar-refractivity contribution >= 4 is 10.0 Å². The molecule has 1 heterocycles. The van der Waals surface area contributed by atoms with E-state index in [1.54, 1.807) is 23.0 Å². The van der Waals surface area contributed by atoms with Gasteiger partial charge in [-0.3, -0.25) is 0 Å². The summed E-state index contributed by atoms with van der Waals surface area (Å²) in [5.41, 5.74) is 2.54. The minimum atomic E-state index is -3.69. The SMILES string of the molecule is NS(=O)(=O)c1ccc(-n2nncc2-[c-]2cccc2)cc1.[Fe].[cH-]1[cH-][cH-][cH-][cH-]1. The van der Waals surface area contributed by atoms with E-state index in [0.717, 1.165) is 11.3 Å². The molecule has 0 unspecified atom stereocenters. The predicted octanol–water partition coefficient (Wildman–Crippen LogP) is 2.70. The Morgan fingerprint density at radius 2 is 1.50 bits per heavy atom. The van der Waals surface area contributed by atoms with Gasteiger partial charge in [0, 0.05) is 29.0 Å². The van der Waals surface area contributed by atoms with Gasteiger partial charge in [0.1, 0.15) is 0 Å². The molecule has 0 fully saturated rings. The Morgan fingerprint density at radius 1 is 0.962 bits per heavy atom. The van der Waals surface area contributed by atoms with Crippen LogP contribution in [0.1, 0.15) is 0 Å². The van der Waals surface area contributed by atoms with E-state index in [1.807, 2.05) is 54.6 Å². The third-order valence-corrected chi connectivity index (χ3v) is 4.40. The molecule has 0 aliphatic rings. The van der Waals surface area contributed by atoms with E-state index in [4.69, 9.17) is 5.14 Å². The maximum Gasteiger partial charge on any atom is 0.238 e. The van der Waals surface area contributed by atoms with E-state index in [0.29, 0.717) is 5.69 Å². The molecule has 140 valence electrons. The number of sulfonamides is 1. The molecule has 1 aromatic heterocycles. The first-order chi connectivity index (χ1) is 12.1. The fourth-order valence-corrected chi connectivity index (χ4v) is 2.78. The normalized spacial score (nSPS) is 10.5. The summed E-state index contributed by atoms with van der Waals surface area (Å²) in [5.74, 6) is 0. The molecule has 6 nitrogen and oxygen atoms in total. The first-order valence-corrected chi connectivity index (χ1v) is 9.03. The molecule has 0 spiro atoms. The van der Waals surface area contributed by atoms with Gasteiger partial charge in [-0.05, 0) is 24.3 Å². The van der Waals surface area contributed by atoms with Gasteiger partial charge in [0.15, 0.2) is 0 Å². The van der Waals surface area contributed by atoms with Gasteiger partial charge in [0.2, 0.25) is 10.0 Å². The van der Waals surface area contributed by atoms with Crippen molar-refractivity contribution in [1.82, 2.24) is 15.0 Å². The van der Waals surface area contributed by atoms with Crippen LogP contribution in [0.25, 0.3) is 16.9 Å². The van der Waals surface area contributed by atoms with E-state index in [9.17, 15) is 8.42 Å². The Kier molecular flexibility index (Phi) is 6.65. The van der Waals surface area contributed by atoms with Crippen LogP contribution in [-0.4, -0.2) is 23.4 Å². The van der Waals surface area contributed by atoms with Crippen LogP contribution in [0.5, 0.6) is 0 Å². The molecule has 2 N–H and O–H groups in total. The zero-order chi connectivity index (χ0) is 17.7. The van der Waals surface area contributed by atoms with Crippen molar-refractivity contribution in [2.45, 2.75) is 4.90 Å². The van der Waals surface area contributed by atoms with E-state index in [1.165, 1.54) is 12.1 Å². The fourth-order valence-electron chi connectivity index (χ4n) is 2.27. The molecule has 4 rings (SSSR count). The molecule has 0 radical (unpaired) electrons. The molecule has 26 heavy (non-hydrogen) atoms. The molecule has 0 amide bonds. The second-order valence-corrected chi connectivity index (χ2v) is 6.77. The summed E-state index contributed by atoms with van der Waals surface area (Å²) in [7, 11) is -3.69. The first-order valence-electron chi connectivity index (χ1n) is 7.48. The van der Waals surface area contributed by atoms with Crippen LogP contribution in [0.3, 0.4) is 0 Å². The van der Waals surface area contributed by atoms with E-state index < -0.39 is 10.0 Å². The minimum Gasteiger partial charge on any atom is -0.748 e. The topological polar surface area (TPSA) is 90.9 Å². The number of nitrogens with two attached hydrogens (primary N) is 1. The van der Waals surface area contributed by atoms with Crippen molar-refractivity contribution < 1.29 is 25.5 Å². The van der Waals surface area contributed by atoms with Gasteiger partial charge in [-0.25, -0.2) is 18.2 Å². The van der Waals surface area contributed by atoms with Crippen LogP contribution in [0.15, 0.2) is 90.0 Å². The van der Waals surface area contributed by atoms with Crippen LogP contribution in [0, 0.1) is 0 Å². The second kappa shape index (κ2) is 8.73. The van der Waals surface area contributed by atoms with Gasteiger partial charge in [0.05, 0.1) is 10.6 Å². The molecule has 0 aliphatic carbocycles. The minimum absolute atomic E-state index is 0. The summed E-state index contributed by atoms with van der Waals surface area (Å²) >= 11 is 0. The van der Waals surface area contributed by atoms with E-state index in [2.05, 4.69) is 10.3 Å². The summed E-state index contributed by atoms with van der Waals surface area (Å²) in [6, 6.07) is 23.9. The summed E-state index contributed by atoms with van der Waals surface area (Å²) in [6.45, 7) is 0. The molecule has 4 aromatic rings. The summed E-state index contributed by atoms with van der Waals surface area (Å²) in [5, 5.41) is 13.0. The van der Waals surface area contributed by atoms with Crippen LogP contribution in [-0.2, 0) is 27.1 Å². The zero-order valence-electron chi connectivity index (χ0n) is 13.6. The third-order valence-electron chi connectivity index (χ3n) is 3.47. The first kappa shape index (κ1) is 19.8. The van der Waals surface area contributed by atoms with Crippen molar-refractivity contribution in [2.24, 2.45) is 5.14 Å². The van der Waals surface area contributed by atoms with Crippen molar-refractivity contribution in [2.75, 3.05) is 0 Å². The van der Waals surface area contributed by atoms with Gasteiger partial charge >= 0.3 is 0 Å². The molecule has 0 saturated heterocycles. The fraction of sp³-hybridized carbons (Fsp3) is 0. The molecule has 0 saturated carbocycles. The van der Waals surface area contributed by atoms with Crippen molar-refractivity contribution in [3.63, 3.8) is 0 Å². The standard InChI is InChI=1S/C13H11N4O2S.C5H5.Fe/c14-20(18,19)12-7-5-11(6-8-12)17-13(9-15-16-17)10-3-1-2-4-10;1-2-4-5-3-1;/h1-9H,(H2,14,18,19);1-5H;/q-1;-5;. The average Bonchev–Trinajstić information content (AvgIpc) is 3.37. The van der Waals surface area contributed by atoms with Crippen LogP contribution < -0.4 is 5.14 Å². The van der Waals surface area contributed by atoms with E-state index in [-0.39, 0.29) is 22.0 Å². The summed E-state index contributed by atoms with van der Waals surface area (Å²) < 4.78 is 24.1. The predicted molar refractivity (Wildman–Crippen MR) is 95.8 cm³/mol. The molecule has 0 atom stereocenters. The quantitative estimate of drug-likeness (QED) is 0.417. The number of aromatic nitrogens is 3. The Hall–Kier alpha value is -2.51. The van der Waals surface area contributed by atoms with Gasteiger partial charge in [-0.2, -0.15) is 17.2 Å². The van der Waals surface area contributed by atoms with Crippen molar-refractivity contribution in [1.29, 1.82) is 0 Å². The molecule has 0 aliphatic heterocycles. The monoisotopic (exact) mass is 408 g/mol. The van der Waals surface area contributed by atoms with Crippen molar-refractivity contribution in [3.05, 3.63) is 85.1 Å². The Balaban J connectivity index is 0.000000351. The van der Waals surface area contributed by atoms with Gasteiger partial charge < -0.3 is 30.3 Å². The maximum absolute atomic E-state index is 11.2. The number of benzene rings is 1. The maximum atomic E-state index is 11.2. The summed E-state index contributed by atoms with van der Waals surface area (Å²) in [6.07, 6.45) is 1.66. The third kappa shape index (κ3) is 4.77. The van der Waals surface area contributed by atoms with Crippen LogP contribution >= 0.6 is 0 Å². The number of hydrogen-bond donors (Lipinski definition) is 1. The number of nitrogens with zero attached hydrogens (tertiary/aromatic N) is 3. The Labute approximate surface area is 162 Å². The van der Waals surface area contributed by atoms with Gasteiger partial charge in [-0.15, -0.1) is 12.1 Å². The average molecular weight is 408 g/mol. The molecule has 0 bridgehead atoms. The summed E-state index contributed by atoms with van der Waals surface area (Å²) in [4.78, 5) is 0.0660. The van der Waals surface area contributed by atoms with Crippen molar-refractivity contribution in [3.8, 4) is 16.9 Å². The number of rotatable bonds is 3. The number of primary sulfonamides is 1. The Bertz CT molecular complexity index is 989. The molecule has 8 heteroatoms. The van der Waals surface area contributed by atoms with Crippen LogP contribution in [0.2, 0.25) is 0 Å². The smallest absolute Gasteiger partial charge is 0.238 e. The Morgan fingerprint density at radius 3 is 2.00 bits per heavy atom. The molecule has 3 aromatic carbocycles. The molecular weight excluding hydrogens is 392 g/mol. The molecular formula is C18H16FeN4O2S-6. The van der Waals surface area contributed by atoms with E-state index >= 15 is 0 Å². The van der Waals surface area contributed by atoms with Crippen LogP contribution in [0.4, 0.5) is 0 Å². The zero-order valence-corrected chi connectivity index (χ0v) is 15.5.